The number of rotatable bonds is 10. The lowest BCUT2D eigenvalue weighted by Gasteiger charge is -2.32. The average molecular weight is 443 g/mol. The molecule has 29 heavy (non-hydrogen) atoms. The summed E-state index contributed by atoms with van der Waals surface area (Å²) in [5.41, 5.74) is 0.732. The number of carbonyl (C=O) groups excluding carboxylic acids is 2. The van der Waals surface area contributed by atoms with E-state index in [4.69, 9.17) is 27.9 Å². The van der Waals surface area contributed by atoms with Crippen LogP contribution >= 0.6 is 23.2 Å². The smallest absolute Gasteiger partial charge is 0.247 e. The Hall–Kier alpha value is -1.30. The van der Waals surface area contributed by atoms with Gasteiger partial charge in [-0.3, -0.25) is 9.59 Å². The van der Waals surface area contributed by atoms with Gasteiger partial charge in [0.05, 0.1) is 0 Å². The van der Waals surface area contributed by atoms with Gasteiger partial charge in [-0.1, -0.05) is 49.4 Å². The zero-order valence-corrected chi connectivity index (χ0v) is 18.7. The Kier molecular flexibility index (Phi) is 10.8. The Bertz CT molecular complexity index is 631. The predicted octanol–water partition coefficient (Wildman–Crippen LogP) is 4.71. The van der Waals surface area contributed by atoms with Crippen molar-refractivity contribution in [3.8, 4) is 0 Å². The molecular weight excluding hydrogens is 411 g/mol. The Balaban J connectivity index is 2.23. The van der Waals surface area contributed by atoms with Gasteiger partial charge in [0, 0.05) is 30.8 Å². The molecule has 0 saturated heterocycles. The van der Waals surface area contributed by atoms with Gasteiger partial charge < -0.3 is 15.0 Å². The summed E-state index contributed by atoms with van der Waals surface area (Å²) in [5, 5.41) is 3.78. The van der Waals surface area contributed by atoms with Crippen LogP contribution in [0.5, 0.6) is 0 Å². The minimum absolute atomic E-state index is 0.149. The van der Waals surface area contributed by atoms with Crippen molar-refractivity contribution < 1.29 is 14.3 Å². The quantitative estimate of drug-likeness (QED) is 0.324. The number of nitrogens with zero attached hydrogens (tertiary/aromatic N) is 1. The predicted molar refractivity (Wildman–Crippen MR) is 117 cm³/mol. The van der Waals surface area contributed by atoms with Gasteiger partial charge in [0.25, 0.3) is 0 Å². The van der Waals surface area contributed by atoms with E-state index in [1.54, 1.807) is 29.2 Å². The van der Waals surface area contributed by atoms with Crippen molar-refractivity contribution in [1.29, 1.82) is 0 Å². The van der Waals surface area contributed by atoms with E-state index < -0.39 is 6.04 Å². The van der Waals surface area contributed by atoms with E-state index in [-0.39, 0.29) is 23.7 Å². The van der Waals surface area contributed by atoms with Crippen LogP contribution in [-0.2, 0) is 14.3 Å². The molecule has 2 amide bonds. The molecule has 1 N–H and O–H groups in total. The number of hydrogen-bond donors (Lipinski definition) is 1. The zero-order chi connectivity index (χ0) is 21.1. The van der Waals surface area contributed by atoms with Crippen molar-refractivity contribution in [3.05, 3.63) is 34.9 Å². The molecule has 0 radical (unpaired) electrons. The maximum atomic E-state index is 13.3. The first-order chi connectivity index (χ1) is 14.1. The van der Waals surface area contributed by atoms with Crippen LogP contribution in [0.2, 0.25) is 5.02 Å². The molecule has 0 aromatic heterocycles. The minimum atomic E-state index is -0.733. The fraction of sp³-hybridized carbons (Fsp3) is 0.636. The Morgan fingerprint density at radius 1 is 1.17 bits per heavy atom. The van der Waals surface area contributed by atoms with E-state index >= 15 is 0 Å². The molecule has 5 nitrogen and oxygen atoms in total. The standard InChI is InChI=1S/C22H32Cl2N2O3/c1-2-29-15-7-14-26(20(27)16-23)21(17-10-12-18(24)13-11-17)22(28)25-19-8-5-3-4-6-9-19/h10-13,19,21H,2-9,14-16H2,1H3,(H,25,28)/t21-/m1/s1. The lowest BCUT2D eigenvalue weighted by molar-refractivity contribution is -0.139. The van der Waals surface area contributed by atoms with Crippen molar-refractivity contribution >= 4 is 35.0 Å². The number of ether oxygens (including phenoxy) is 1. The van der Waals surface area contributed by atoms with Crippen LogP contribution in [0.1, 0.15) is 63.5 Å². The summed E-state index contributed by atoms with van der Waals surface area (Å²) in [6, 6.07) is 6.51. The van der Waals surface area contributed by atoms with E-state index in [9.17, 15) is 9.59 Å². The van der Waals surface area contributed by atoms with Crippen molar-refractivity contribution in [1.82, 2.24) is 10.2 Å². The maximum absolute atomic E-state index is 13.3. The summed E-state index contributed by atoms with van der Waals surface area (Å²) in [6.45, 7) is 3.47. The van der Waals surface area contributed by atoms with Gasteiger partial charge in [-0.15, -0.1) is 11.6 Å². The number of amides is 2. The molecule has 0 aliphatic heterocycles. The monoisotopic (exact) mass is 442 g/mol. The van der Waals surface area contributed by atoms with E-state index in [0.29, 0.717) is 31.2 Å². The van der Waals surface area contributed by atoms with Crippen molar-refractivity contribution in [2.75, 3.05) is 25.6 Å². The molecule has 1 aliphatic carbocycles. The lowest BCUT2D eigenvalue weighted by atomic mass is 10.0. The van der Waals surface area contributed by atoms with E-state index in [1.165, 1.54) is 12.8 Å². The highest BCUT2D eigenvalue weighted by Crippen LogP contribution is 2.25. The zero-order valence-electron chi connectivity index (χ0n) is 17.2. The molecular formula is C22H32Cl2N2O3. The fourth-order valence-electron chi connectivity index (χ4n) is 3.78. The molecule has 2 rings (SSSR count). The molecule has 1 saturated carbocycles. The van der Waals surface area contributed by atoms with Crippen LogP contribution in [-0.4, -0.2) is 48.4 Å². The number of benzene rings is 1. The highest BCUT2D eigenvalue weighted by molar-refractivity contribution is 6.30. The topological polar surface area (TPSA) is 58.6 Å². The summed E-state index contributed by atoms with van der Waals surface area (Å²) < 4.78 is 5.41. The van der Waals surface area contributed by atoms with Gasteiger partial charge >= 0.3 is 0 Å². The highest BCUT2D eigenvalue weighted by Gasteiger charge is 2.32. The third kappa shape index (κ3) is 7.80. The SMILES string of the molecule is CCOCCCN(C(=O)CCl)[C@@H](C(=O)NC1CCCCCC1)c1ccc(Cl)cc1. The van der Waals surface area contributed by atoms with Crippen LogP contribution < -0.4 is 5.32 Å². The van der Waals surface area contributed by atoms with Gasteiger partial charge in [0.15, 0.2) is 0 Å². The second-order valence-corrected chi connectivity index (χ2v) is 8.13. The molecule has 7 heteroatoms. The summed E-state index contributed by atoms with van der Waals surface area (Å²) in [4.78, 5) is 27.6. The summed E-state index contributed by atoms with van der Waals surface area (Å²) in [6.07, 6.45) is 7.25. The maximum Gasteiger partial charge on any atom is 0.247 e. The van der Waals surface area contributed by atoms with Crippen molar-refractivity contribution in [3.63, 3.8) is 0 Å². The summed E-state index contributed by atoms with van der Waals surface area (Å²) in [7, 11) is 0. The molecule has 1 atom stereocenters. The second kappa shape index (κ2) is 13.1. The minimum Gasteiger partial charge on any atom is -0.382 e. The van der Waals surface area contributed by atoms with Crippen LogP contribution in [0.4, 0.5) is 0 Å². The number of carbonyl (C=O) groups is 2. The van der Waals surface area contributed by atoms with Crippen molar-refractivity contribution in [2.24, 2.45) is 0 Å². The van der Waals surface area contributed by atoms with E-state index in [1.807, 2.05) is 6.92 Å². The van der Waals surface area contributed by atoms with Crippen LogP contribution in [0.3, 0.4) is 0 Å². The van der Waals surface area contributed by atoms with Crippen LogP contribution in [0.25, 0.3) is 0 Å². The van der Waals surface area contributed by atoms with Crippen LogP contribution in [0, 0.1) is 0 Å². The van der Waals surface area contributed by atoms with Gasteiger partial charge in [-0.05, 0) is 43.9 Å². The third-order valence-electron chi connectivity index (χ3n) is 5.27. The van der Waals surface area contributed by atoms with Gasteiger partial charge in [-0.2, -0.15) is 0 Å². The molecule has 0 bridgehead atoms. The molecule has 0 unspecified atom stereocenters. The van der Waals surface area contributed by atoms with E-state index in [0.717, 1.165) is 31.2 Å². The Labute approximate surface area is 184 Å². The number of halogens is 2. The molecule has 1 aromatic rings. The van der Waals surface area contributed by atoms with Gasteiger partial charge in [-0.25, -0.2) is 0 Å². The fourth-order valence-corrected chi connectivity index (χ4v) is 4.06. The first-order valence-corrected chi connectivity index (χ1v) is 11.5. The van der Waals surface area contributed by atoms with Crippen molar-refractivity contribution in [2.45, 2.75) is 64.0 Å². The first kappa shape index (κ1) is 24.0. The summed E-state index contributed by atoms with van der Waals surface area (Å²) >= 11 is 11.9. The normalized spacial score (nSPS) is 16.1. The largest absolute Gasteiger partial charge is 0.382 e. The molecule has 0 heterocycles. The molecule has 1 fully saturated rings. The second-order valence-electron chi connectivity index (χ2n) is 7.42. The number of hydrogen-bond acceptors (Lipinski definition) is 3. The third-order valence-corrected chi connectivity index (χ3v) is 5.75. The molecule has 1 aromatic carbocycles. The lowest BCUT2D eigenvalue weighted by Crippen LogP contribution is -2.47. The number of alkyl halides is 1. The molecule has 1 aliphatic rings. The molecule has 0 spiro atoms. The summed E-state index contributed by atoms with van der Waals surface area (Å²) in [5.74, 6) is -0.594. The van der Waals surface area contributed by atoms with Crippen LogP contribution in [0.15, 0.2) is 24.3 Å². The van der Waals surface area contributed by atoms with Gasteiger partial charge in [0.1, 0.15) is 11.9 Å². The average Bonchev–Trinajstić information content (AvgIpc) is 2.99. The number of nitrogens with one attached hydrogen (secondary N) is 1. The molecule has 162 valence electrons. The highest BCUT2D eigenvalue weighted by atomic mass is 35.5. The van der Waals surface area contributed by atoms with Gasteiger partial charge in [0.2, 0.25) is 11.8 Å². The Morgan fingerprint density at radius 3 is 2.41 bits per heavy atom. The Morgan fingerprint density at radius 2 is 1.83 bits per heavy atom. The first-order valence-electron chi connectivity index (χ1n) is 10.6. The van der Waals surface area contributed by atoms with E-state index in [2.05, 4.69) is 5.32 Å².